The lowest BCUT2D eigenvalue weighted by molar-refractivity contribution is -0.870. The molecule has 0 aliphatic heterocycles. The fourth-order valence-corrected chi connectivity index (χ4v) is 12.0. The predicted octanol–water partition coefficient (Wildman–Crippen LogP) is 26.4. The van der Waals surface area contributed by atoms with Gasteiger partial charge in [0.15, 0.2) is 6.10 Å². The van der Waals surface area contributed by atoms with Crippen LogP contribution in [0.2, 0.25) is 0 Å². The molecule has 10 heteroatoms. The van der Waals surface area contributed by atoms with Crippen LogP contribution >= 0.6 is 7.82 Å². The standard InChI is InChI=1S/C84H150NO8P/c1-6-8-10-12-14-16-18-20-22-24-26-28-30-32-34-36-38-39-40-41-42-43-44-45-47-49-51-53-55-57-59-61-63-65-67-69-71-73-75-77-84(87)93-82(81-92-94(88,89)91-79-78-85(3,4)5)80-90-83(86)76-74-72-70-68-66-64-62-60-58-56-54-52-50-48-46-37-35-33-31-29-27-25-23-21-19-17-15-13-11-9-7-2/h8,10,14,16,20,22,25-28,32,34,38-39,41-42,44-45,82H,6-7,9,11-13,15,17-19,21,23-24,29-31,33,35-37,40,43,46-81H2,1-5H3/p+1/b10-8-,16-14-,22-20-,27-25-,28-26-,34-32-,39-38-,42-41-,45-44-. The van der Waals surface area contributed by atoms with Crippen LogP contribution in [-0.2, 0) is 32.7 Å². The Balaban J connectivity index is 3.98. The summed E-state index contributed by atoms with van der Waals surface area (Å²) in [7, 11) is 1.48. The molecule has 0 bridgehead atoms. The number of hydrogen-bond donors (Lipinski definition) is 1. The van der Waals surface area contributed by atoms with Crippen molar-refractivity contribution in [3.8, 4) is 0 Å². The van der Waals surface area contributed by atoms with E-state index >= 15 is 0 Å². The molecular formula is C84H151NO8P+. The second-order valence-electron chi connectivity index (χ2n) is 27.7. The van der Waals surface area contributed by atoms with E-state index < -0.39 is 26.5 Å². The highest BCUT2D eigenvalue weighted by Gasteiger charge is 2.27. The molecule has 0 fully saturated rings. The number of rotatable bonds is 73. The zero-order valence-corrected chi connectivity index (χ0v) is 63.1. The maximum Gasteiger partial charge on any atom is 0.472 e. The van der Waals surface area contributed by atoms with Crippen LogP contribution < -0.4 is 0 Å². The zero-order chi connectivity index (χ0) is 68.3. The van der Waals surface area contributed by atoms with Gasteiger partial charge in [0.2, 0.25) is 0 Å². The molecule has 0 spiro atoms. The highest BCUT2D eigenvalue weighted by atomic mass is 31.2. The minimum Gasteiger partial charge on any atom is -0.462 e. The maximum atomic E-state index is 12.9. The Morgan fingerprint density at radius 3 is 0.915 bits per heavy atom. The van der Waals surface area contributed by atoms with Gasteiger partial charge in [-0.05, 0) is 103 Å². The molecule has 2 atom stereocenters. The average Bonchev–Trinajstić information content (AvgIpc) is 1.56. The Labute approximate surface area is 582 Å². The van der Waals surface area contributed by atoms with Crippen molar-refractivity contribution in [1.29, 1.82) is 0 Å². The summed E-state index contributed by atoms with van der Waals surface area (Å²) >= 11 is 0. The monoisotopic (exact) mass is 1330 g/mol. The van der Waals surface area contributed by atoms with Gasteiger partial charge in [-0.2, -0.15) is 0 Å². The molecule has 0 saturated carbocycles. The van der Waals surface area contributed by atoms with Gasteiger partial charge in [-0.3, -0.25) is 18.6 Å². The van der Waals surface area contributed by atoms with Gasteiger partial charge < -0.3 is 18.9 Å². The molecule has 1 N–H and O–H groups in total. The first-order valence-electron chi connectivity index (χ1n) is 39.6. The fraction of sp³-hybridized carbons (Fsp3) is 0.762. The van der Waals surface area contributed by atoms with Crippen molar-refractivity contribution in [2.75, 3.05) is 47.5 Å². The molecule has 2 unspecified atom stereocenters. The summed E-state index contributed by atoms with van der Waals surface area (Å²) < 4.78 is 34.8. The topological polar surface area (TPSA) is 108 Å². The smallest absolute Gasteiger partial charge is 0.462 e. The number of carbonyl (C=O) groups is 2. The van der Waals surface area contributed by atoms with Crippen molar-refractivity contribution in [3.63, 3.8) is 0 Å². The van der Waals surface area contributed by atoms with E-state index in [2.05, 4.69) is 123 Å². The number of carbonyl (C=O) groups excluding carboxylic acids is 2. The Hall–Kier alpha value is -3.33. The number of ether oxygens (including phenoxy) is 2. The number of hydrogen-bond acceptors (Lipinski definition) is 7. The lowest BCUT2D eigenvalue weighted by atomic mass is 10.0. The van der Waals surface area contributed by atoms with E-state index in [-0.39, 0.29) is 32.0 Å². The molecule has 544 valence electrons. The normalized spacial score (nSPS) is 13.6. The number of allylic oxidation sites excluding steroid dienone is 18. The highest BCUT2D eigenvalue weighted by molar-refractivity contribution is 7.47. The third-order valence-electron chi connectivity index (χ3n) is 17.3. The summed E-state index contributed by atoms with van der Waals surface area (Å²) in [6.07, 6.45) is 105. The molecule has 0 radical (unpaired) electrons. The van der Waals surface area contributed by atoms with Crippen LogP contribution in [0.15, 0.2) is 109 Å². The molecule has 0 aromatic carbocycles. The minimum atomic E-state index is -4.40. The van der Waals surface area contributed by atoms with E-state index in [9.17, 15) is 19.0 Å². The van der Waals surface area contributed by atoms with Gasteiger partial charge in [0.25, 0.3) is 0 Å². The third-order valence-corrected chi connectivity index (χ3v) is 18.3. The average molecular weight is 1330 g/mol. The van der Waals surface area contributed by atoms with Gasteiger partial charge in [-0.25, -0.2) is 4.57 Å². The Bertz CT molecular complexity index is 1960. The Morgan fingerprint density at radius 2 is 0.606 bits per heavy atom. The lowest BCUT2D eigenvalue weighted by Crippen LogP contribution is -2.37. The first kappa shape index (κ1) is 90.7. The summed E-state index contributed by atoms with van der Waals surface area (Å²) in [6.45, 7) is 4.36. The van der Waals surface area contributed by atoms with Crippen molar-refractivity contribution in [2.24, 2.45) is 0 Å². The molecule has 0 saturated heterocycles. The van der Waals surface area contributed by atoms with Crippen LogP contribution in [0.4, 0.5) is 0 Å². The van der Waals surface area contributed by atoms with Gasteiger partial charge in [-0.1, -0.05) is 354 Å². The lowest BCUT2D eigenvalue weighted by Gasteiger charge is -2.24. The molecule has 0 aromatic rings. The van der Waals surface area contributed by atoms with E-state index in [1.807, 2.05) is 21.1 Å². The summed E-state index contributed by atoms with van der Waals surface area (Å²) in [5.74, 6) is -0.785. The van der Waals surface area contributed by atoms with E-state index in [0.29, 0.717) is 17.4 Å². The SMILES string of the molecule is CC/C=C\C/C=C\C/C=C\C/C=C\C/C=C\C/C=C\C/C=C\C/C=C\CCCCCCCCCCCCCCCCC(=O)OC(COC(=O)CCCCCCCCCCCCCCCCCCCCC/C=C\CCCCCCCCCC)COP(=O)(O)OCC[N+](C)(C)C. The van der Waals surface area contributed by atoms with Gasteiger partial charge >= 0.3 is 19.8 Å². The Morgan fingerprint density at radius 1 is 0.340 bits per heavy atom. The van der Waals surface area contributed by atoms with E-state index in [1.54, 1.807) is 0 Å². The number of phosphoric acid groups is 1. The predicted molar refractivity (Wildman–Crippen MR) is 408 cm³/mol. The van der Waals surface area contributed by atoms with Crippen LogP contribution in [0, 0.1) is 0 Å². The minimum absolute atomic E-state index is 0.0300. The van der Waals surface area contributed by atoms with Crippen LogP contribution in [0.3, 0.4) is 0 Å². The van der Waals surface area contributed by atoms with Crippen molar-refractivity contribution in [2.45, 2.75) is 367 Å². The number of unbranched alkanes of at least 4 members (excludes halogenated alkanes) is 41. The van der Waals surface area contributed by atoms with Crippen LogP contribution in [0.1, 0.15) is 361 Å². The van der Waals surface area contributed by atoms with E-state index in [1.165, 1.54) is 238 Å². The van der Waals surface area contributed by atoms with E-state index in [4.69, 9.17) is 18.5 Å². The van der Waals surface area contributed by atoms with E-state index in [0.717, 1.165) is 89.9 Å². The summed E-state index contributed by atoms with van der Waals surface area (Å²) in [5.41, 5.74) is 0. The fourth-order valence-electron chi connectivity index (χ4n) is 11.3. The maximum absolute atomic E-state index is 12.9. The van der Waals surface area contributed by atoms with Crippen LogP contribution in [0.5, 0.6) is 0 Å². The van der Waals surface area contributed by atoms with Gasteiger partial charge in [-0.15, -0.1) is 0 Å². The number of likely N-dealkylation sites (N-methyl/N-ethyl adjacent to an activating group) is 1. The number of quaternary nitrogens is 1. The van der Waals surface area contributed by atoms with Crippen molar-refractivity contribution < 1.29 is 42.1 Å². The molecule has 0 aliphatic carbocycles. The number of phosphoric ester groups is 1. The summed E-state index contributed by atoms with van der Waals surface area (Å²) in [6, 6.07) is 0. The van der Waals surface area contributed by atoms with Crippen LogP contribution in [-0.4, -0.2) is 74.9 Å². The second-order valence-corrected chi connectivity index (χ2v) is 29.2. The van der Waals surface area contributed by atoms with Gasteiger partial charge in [0.05, 0.1) is 27.7 Å². The Kier molecular flexibility index (Phi) is 71.3. The number of nitrogens with zero attached hydrogens (tertiary/aromatic N) is 1. The highest BCUT2D eigenvalue weighted by Crippen LogP contribution is 2.43. The molecular weight excluding hydrogens is 1180 g/mol. The molecule has 94 heavy (non-hydrogen) atoms. The molecule has 0 heterocycles. The van der Waals surface area contributed by atoms with Crippen molar-refractivity contribution in [3.05, 3.63) is 109 Å². The quantitative estimate of drug-likeness (QED) is 0.0211. The van der Waals surface area contributed by atoms with Crippen molar-refractivity contribution >= 4 is 19.8 Å². The molecule has 0 rings (SSSR count). The molecule has 0 aliphatic rings. The zero-order valence-electron chi connectivity index (χ0n) is 62.2. The van der Waals surface area contributed by atoms with Crippen molar-refractivity contribution in [1.82, 2.24) is 0 Å². The summed E-state index contributed by atoms with van der Waals surface area (Å²) in [5, 5.41) is 0. The molecule has 0 amide bonds. The van der Waals surface area contributed by atoms with Crippen LogP contribution in [0.25, 0.3) is 0 Å². The van der Waals surface area contributed by atoms with Gasteiger partial charge in [0, 0.05) is 12.8 Å². The second kappa shape index (κ2) is 73.9. The number of esters is 2. The molecule has 0 aromatic heterocycles. The first-order valence-corrected chi connectivity index (χ1v) is 41.1. The summed E-state index contributed by atoms with van der Waals surface area (Å²) in [4.78, 5) is 36.0. The first-order chi connectivity index (χ1) is 46.0. The molecule has 9 nitrogen and oxygen atoms in total. The van der Waals surface area contributed by atoms with Gasteiger partial charge in [0.1, 0.15) is 19.8 Å². The largest absolute Gasteiger partial charge is 0.472 e. The third kappa shape index (κ3) is 77.7.